The molecule has 27 heavy (non-hydrogen) atoms. The highest BCUT2D eigenvalue weighted by Gasteiger charge is 2.23. The third-order valence-electron chi connectivity index (χ3n) is 4.61. The van der Waals surface area contributed by atoms with Crippen molar-refractivity contribution in [2.75, 3.05) is 31.1 Å². The highest BCUT2D eigenvalue weighted by atomic mass is 79.9. The van der Waals surface area contributed by atoms with Crippen LogP contribution in [0.1, 0.15) is 17.0 Å². The average Bonchev–Trinajstić information content (AvgIpc) is 3.25. The van der Waals surface area contributed by atoms with Crippen molar-refractivity contribution in [1.29, 1.82) is 0 Å². The molecule has 0 atom stereocenters. The number of aromatic amines is 1. The molecule has 1 fully saturated rings. The zero-order valence-corrected chi connectivity index (χ0v) is 16.8. The van der Waals surface area contributed by atoms with E-state index in [0.717, 1.165) is 36.6 Å². The number of nitrogens with zero attached hydrogens (tertiary/aromatic N) is 3. The highest BCUT2D eigenvalue weighted by molar-refractivity contribution is 9.10. The van der Waals surface area contributed by atoms with Crippen LogP contribution in [-0.4, -0.2) is 47.2 Å². The van der Waals surface area contributed by atoms with E-state index >= 15 is 0 Å². The molecule has 0 spiro atoms. The van der Waals surface area contributed by atoms with E-state index in [1.165, 1.54) is 0 Å². The predicted molar refractivity (Wildman–Crippen MR) is 108 cm³/mol. The molecular formula is C19H18BrClN4O2. The standard InChI is InChI=1S/C19H18BrClN4O2/c20-17-7-6-16(27-17)19(26)25-9-1-8-24(10-11-25)18-12-15(22-23-18)13-2-4-14(21)5-3-13/h2-7,12H,1,8-11H2,(H,22,23). The number of furan rings is 1. The maximum absolute atomic E-state index is 12.6. The summed E-state index contributed by atoms with van der Waals surface area (Å²) >= 11 is 9.19. The van der Waals surface area contributed by atoms with Crippen LogP contribution in [-0.2, 0) is 0 Å². The van der Waals surface area contributed by atoms with E-state index in [1.807, 2.05) is 35.2 Å². The minimum absolute atomic E-state index is 0.0774. The first-order valence-corrected chi connectivity index (χ1v) is 9.88. The number of hydrogen-bond donors (Lipinski definition) is 1. The van der Waals surface area contributed by atoms with E-state index in [9.17, 15) is 4.79 Å². The molecule has 1 N–H and O–H groups in total. The lowest BCUT2D eigenvalue weighted by Gasteiger charge is -2.21. The van der Waals surface area contributed by atoms with Crippen molar-refractivity contribution in [3.8, 4) is 11.3 Å². The van der Waals surface area contributed by atoms with Gasteiger partial charge >= 0.3 is 0 Å². The summed E-state index contributed by atoms with van der Waals surface area (Å²) in [6.45, 7) is 2.89. The van der Waals surface area contributed by atoms with Gasteiger partial charge in [-0.2, -0.15) is 5.10 Å². The van der Waals surface area contributed by atoms with Crippen molar-refractivity contribution in [2.24, 2.45) is 0 Å². The third-order valence-corrected chi connectivity index (χ3v) is 5.29. The van der Waals surface area contributed by atoms with Crippen LogP contribution in [0.25, 0.3) is 11.3 Å². The summed E-state index contributed by atoms with van der Waals surface area (Å²) in [7, 11) is 0. The number of rotatable bonds is 3. The van der Waals surface area contributed by atoms with E-state index in [0.29, 0.717) is 28.5 Å². The fourth-order valence-electron chi connectivity index (χ4n) is 3.19. The van der Waals surface area contributed by atoms with Gasteiger partial charge in [-0.05, 0) is 52.2 Å². The minimum atomic E-state index is -0.0774. The molecule has 3 aromatic rings. The van der Waals surface area contributed by atoms with E-state index in [-0.39, 0.29) is 5.91 Å². The highest BCUT2D eigenvalue weighted by Crippen LogP contribution is 2.24. The van der Waals surface area contributed by atoms with Crippen molar-refractivity contribution in [3.63, 3.8) is 0 Å². The van der Waals surface area contributed by atoms with Crippen LogP contribution in [0, 0.1) is 0 Å². The smallest absolute Gasteiger partial charge is 0.289 e. The Kier molecular flexibility index (Phi) is 5.22. The third kappa shape index (κ3) is 4.04. The number of carbonyl (C=O) groups is 1. The van der Waals surface area contributed by atoms with Crippen molar-refractivity contribution < 1.29 is 9.21 Å². The van der Waals surface area contributed by atoms with Crippen molar-refractivity contribution in [2.45, 2.75) is 6.42 Å². The number of carbonyl (C=O) groups excluding carboxylic acids is 1. The topological polar surface area (TPSA) is 65.4 Å². The number of nitrogens with one attached hydrogen (secondary N) is 1. The summed E-state index contributed by atoms with van der Waals surface area (Å²) < 4.78 is 5.96. The first-order valence-electron chi connectivity index (χ1n) is 8.71. The molecule has 0 aliphatic carbocycles. The summed E-state index contributed by atoms with van der Waals surface area (Å²) in [4.78, 5) is 16.6. The quantitative estimate of drug-likeness (QED) is 0.642. The molecule has 1 saturated heterocycles. The van der Waals surface area contributed by atoms with Gasteiger partial charge in [0.2, 0.25) is 0 Å². The summed E-state index contributed by atoms with van der Waals surface area (Å²) in [5.74, 6) is 1.17. The molecule has 140 valence electrons. The van der Waals surface area contributed by atoms with E-state index < -0.39 is 0 Å². The van der Waals surface area contributed by atoms with Crippen LogP contribution in [0.4, 0.5) is 5.82 Å². The first-order chi connectivity index (χ1) is 13.1. The lowest BCUT2D eigenvalue weighted by atomic mass is 10.1. The SMILES string of the molecule is O=C(c1ccc(Br)o1)N1CCCN(c2cc(-c3ccc(Cl)cc3)[nH]n2)CC1. The lowest BCUT2D eigenvalue weighted by Crippen LogP contribution is -2.35. The molecule has 0 unspecified atom stereocenters. The second-order valence-electron chi connectivity index (χ2n) is 6.38. The summed E-state index contributed by atoms with van der Waals surface area (Å²) in [5, 5.41) is 8.25. The molecule has 8 heteroatoms. The Morgan fingerprint density at radius 1 is 1.11 bits per heavy atom. The van der Waals surface area contributed by atoms with Gasteiger partial charge in [0.25, 0.3) is 5.91 Å². The van der Waals surface area contributed by atoms with Gasteiger partial charge in [-0.1, -0.05) is 23.7 Å². The maximum Gasteiger partial charge on any atom is 0.289 e. The fraction of sp³-hybridized carbons (Fsp3) is 0.263. The fourth-order valence-corrected chi connectivity index (χ4v) is 3.62. The van der Waals surface area contributed by atoms with Crippen LogP contribution < -0.4 is 4.90 Å². The lowest BCUT2D eigenvalue weighted by molar-refractivity contribution is 0.0733. The van der Waals surface area contributed by atoms with Crippen LogP contribution in [0.15, 0.2) is 51.6 Å². The predicted octanol–water partition coefficient (Wildman–Crippen LogP) is 4.44. The molecule has 0 saturated carbocycles. The number of amides is 1. The van der Waals surface area contributed by atoms with Gasteiger partial charge in [-0.25, -0.2) is 0 Å². The van der Waals surface area contributed by atoms with Crippen LogP contribution in [0.3, 0.4) is 0 Å². The van der Waals surface area contributed by atoms with Gasteiger partial charge in [-0.3, -0.25) is 9.89 Å². The maximum atomic E-state index is 12.6. The molecule has 1 aliphatic heterocycles. The Morgan fingerprint density at radius 2 is 1.93 bits per heavy atom. The zero-order chi connectivity index (χ0) is 18.8. The van der Waals surface area contributed by atoms with Gasteiger partial charge in [0.15, 0.2) is 16.2 Å². The Hall–Kier alpha value is -2.25. The minimum Gasteiger partial charge on any atom is -0.444 e. The molecule has 1 aliphatic rings. The monoisotopic (exact) mass is 448 g/mol. The second-order valence-corrected chi connectivity index (χ2v) is 7.60. The summed E-state index contributed by atoms with van der Waals surface area (Å²) in [6.07, 6.45) is 0.872. The Morgan fingerprint density at radius 3 is 2.67 bits per heavy atom. The molecule has 0 radical (unpaired) electrons. The van der Waals surface area contributed by atoms with Crippen molar-refractivity contribution in [1.82, 2.24) is 15.1 Å². The molecule has 6 nitrogen and oxygen atoms in total. The molecule has 3 heterocycles. The van der Waals surface area contributed by atoms with Crippen LogP contribution >= 0.6 is 27.5 Å². The second kappa shape index (κ2) is 7.78. The molecule has 0 bridgehead atoms. The van der Waals surface area contributed by atoms with Gasteiger partial charge in [0, 0.05) is 37.3 Å². The van der Waals surface area contributed by atoms with Crippen molar-refractivity contribution in [3.05, 3.63) is 57.9 Å². The number of anilines is 1. The molecule has 1 amide bonds. The zero-order valence-electron chi connectivity index (χ0n) is 14.5. The molecule has 4 rings (SSSR count). The van der Waals surface area contributed by atoms with E-state index in [1.54, 1.807) is 12.1 Å². The van der Waals surface area contributed by atoms with Gasteiger partial charge < -0.3 is 14.2 Å². The number of hydrogen-bond acceptors (Lipinski definition) is 4. The molecule has 1 aromatic carbocycles. The van der Waals surface area contributed by atoms with Gasteiger partial charge in [-0.15, -0.1) is 0 Å². The van der Waals surface area contributed by atoms with Gasteiger partial charge in [0.05, 0.1) is 5.69 Å². The Balaban J connectivity index is 1.44. The normalized spacial score (nSPS) is 15.0. The van der Waals surface area contributed by atoms with Crippen LogP contribution in [0.2, 0.25) is 5.02 Å². The van der Waals surface area contributed by atoms with Gasteiger partial charge in [0.1, 0.15) is 0 Å². The molecule has 2 aromatic heterocycles. The molecular weight excluding hydrogens is 432 g/mol. The average molecular weight is 450 g/mol. The van der Waals surface area contributed by atoms with E-state index in [4.69, 9.17) is 16.0 Å². The first kappa shape index (κ1) is 18.1. The number of aromatic nitrogens is 2. The summed E-state index contributed by atoms with van der Waals surface area (Å²) in [6, 6.07) is 13.1. The number of halogens is 2. The van der Waals surface area contributed by atoms with Crippen LogP contribution in [0.5, 0.6) is 0 Å². The summed E-state index contributed by atoms with van der Waals surface area (Å²) in [5.41, 5.74) is 1.98. The van der Waals surface area contributed by atoms with E-state index in [2.05, 4.69) is 31.0 Å². The Bertz CT molecular complexity index is 937. The Labute approximate surface area is 170 Å². The van der Waals surface area contributed by atoms with Crippen molar-refractivity contribution >= 4 is 39.3 Å². The largest absolute Gasteiger partial charge is 0.444 e. The number of H-pyrrole nitrogens is 1. The number of benzene rings is 1.